The minimum atomic E-state index is -3.45. The van der Waals surface area contributed by atoms with Crippen LogP contribution in [0, 0.1) is 0 Å². The number of fused-ring (bicyclic) bond motifs is 1. The van der Waals surface area contributed by atoms with Gasteiger partial charge in [-0.15, -0.1) is 0 Å². The summed E-state index contributed by atoms with van der Waals surface area (Å²) in [6, 6.07) is 6.68. The number of benzene rings is 1. The van der Waals surface area contributed by atoms with Crippen molar-refractivity contribution in [3.63, 3.8) is 0 Å². The van der Waals surface area contributed by atoms with Gasteiger partial charge in [0.25, 0.3) is 0 Å². The van der Waals surface area contributed by atoms with Crippen molar-refractivity contribution >= 4 is 21.7 Å². The Morgan fingerprint density at radius 1 is 1.50 bits per heavy atom. The highest BCUT2D eigenvalue weighted by molar-refractivity contribution is 7.92. The number of carbonyl (C=O) groups is 1. The molecule has 98 valence electrons. The molecule has 0 aliphatic carbocycles. The van der Waals surface area contributed by atoms with E-state index in [1.54, 1.807) is 24.3 Å². The molecular formula is C11H13NO5S. The van der Waals surface area contributed by atoms with Crippen molar-refractivity contribution in [1.29, 1.82) is 0 Å². The smallest absolute Gasteiger partial charge is 0.307 e. The zero-order valence-electron chi connectivity index (χ0n) is 9.74. The molecular weight excluding hydrogens is 258 g/mol. The number of anilines is 1. The Bertz CT molecular complexity index is 569. The maximum atomic E-state index is 11.7. The van der Waals surface area contributed by atoms with Gasteiger partial charge in [0, 0.05) is 0 Å². The molecule has 1 aliphatic rings. The molecule has 1 unspecified atom stereocenters. The first-order chi connectivity index (χ1) is 8.38. The molecule has 0 spiro atoms. The second-order valence-corrected chi connectivity index (χ2v) is 6.01. The maximum absolute atomic E-state index is 11.7. The Kier molecular flexibility index (Phi) is 3.16. The number of sulfonamides is 1. The minimum Gasteiger partial charge on any atom is -0.486 e. The second-order valence-electron chi connectivity index (χ2n) is 4.10. The molecule has 1 atom stereocenters. The van der Waals surface area contributed by atoms with Crippen molar-refractivity contribution in [3.05, 3.63) is 24.3 Å². The number of ether oxygens (including phenoxy) is 1. The van der Waals surface area contributed by atoms with E-state index >= 15 is 0 Å². The van der Waals surface area contributed by atoms with Gasteiger partial charge in [0.15, 0.2) is 0 Å². The lowest BCUT2D eigenvalue weighted by Gasteiger charge is -2.34. The van der Waals surface area contributed by atoms with E-state index in [-0.39, 0.29) is 13.0 Å². The largest absolute Gasteiger partial charge is 0.486 e. The molecule has 0 saturated carbocycles. The molecule has 0 aromatic heterocycles. The molecule has 7 heteroatoms. The van der Waals surface area contributed by atoms with E-state index in [1.165, 1.54) is 4.31 Å². The summed E-state index contributed by atoms with van der Waals surface area (Å²) in [5, 5.41) is 8.75. The highest BCUT2D eigenvalue weighted by Crippen LogP contribution is 2.35. The van der Waals surface area contributed by atoms with E-state index in [2.05, 4.69) is 0 Å². The summed E-state index contributed by atoms with van der Waals surface area (Å²) in [5.74, 6) is -0.631. The fourth-order valence-corrected chi connectivity index (χ4v) is 2.82. The van der Waals surface area contributed by atoms with E-state index in [9.17, 15) is 13.2 Å². The summed E-state index contributed by atoms with van der Waals surface area (Å²) in [5.41, 5.74) is 0.446. The second kappa shape index (κ2) is 4.49. The summed E-state index contributed by atoms with van der Waals surface area (Å²) in [6.45, 7) is 0.0160. The van der Waals surface area contributed by atoms with Gasteiger partial charge in [0.05, 0.1) is 24.9 Å². The number of nitrogens with zero attached hydrogens (tertiary/aromatic N) is 1. The first-order valence-electron chi connectivity index (χ1n) is 5.33. The molecule has 2 rings (SSSR count). The van der Waals surface area contributed by atoms with Crippen molar-refractivity contribution < 1.29 is 23.1 Å². The van der Waals surface area contributed by atoms with Gasteiger partial charge in [-0.25, -0.2) is 8.42 Å². The zero-order chi connectivity index (χ0) is 13.3. The molecule has 0 fully saturated rings. The van der Waals surface area contributed by atoms with Gasteiger partial charge in [0.1, 0.15) is 11.9 Å². The average molecular weight is 271 g/mol. The van der Waals surface area contributed by atoms with Crippen LogP contribution in [0.3, 0.4) is 0 Å². The number of carboxylic acid groups (broad SMARTS) is 1. The Labute approximate surface area is 105 Å². The lowest BCUT2D eigenvalue weighted by molar-refractivity contribution is -0.138. The SMILES string of the molecule is CS(=O)(=O)N1CC(CC(=O)O)Oc2ccccc21. The van der Waals surface area contributed by atoms with Crippen molar-refractivity contribution in [2.24, 2.45) is 0 Å². The van der Waals surface area contributed by atoms with Crippen LogP contribution in [0.25, 0.3) is 0 Å². The zero-order valence-corrected chi connectivity index (χ0v) is 10.6. The molecule has 18 heavy (non-hydrogen) atoms. The van der Waals surface area contributed by atoms with Crippen LogP contribution in [0.2, 0.25) is 0 Å². The maximum Gasteiger partial charge on any atom is 0.307 e. The van der Waals surface area contributed by atoms with Gasteiger partial charge < -0.3 is 9.84 Å². The van der Waals surface area contributed by atoms with Gasteiger partial charge in [-0.2, -0.15) is 0 Å². The van der Waals surface area contributed by atoms with Crippen molar-refractivity contribution in [1.82, 2.24) is 0 Å². The fourth-order valence-electron chi connectivity index (χ4n) is 1.88. The van der Waals surface area contributed by atoms with E-state index in [1.807, 2.05) is 0 Å². The molecule has 1 aliphatic heterocycles. The van der Waals surface area contributed by atoms with Crippen LogP contribution in [0.5, 0.6) is 5.75 Å². The van der Waals surface area contributed by atoms with Gasteiger partial charge in [0.2, 0.25) is 10.0 Å². The molecule has 0 radical (unpaired) electrons. The monoisotopic (exact) mass is 271 g/mol. The van der Waals surface area contributed by atoms with Crippen LogP contribution in [0.4, 0.5) is 5.69 Å². The molecule has 6 nitrogen and oxygen atoms in total. The average Bonchev–Trinajstić information content (AvgIpc) is 2.25. The van der Waals surface area contributed by atoms with Crippen LogP contribution in [-0.2, 0) is 14.8 Å². The van der Waals surface area contributed by atoms with E-state index < -0.39 is 22.1 Å². The first kappa shape index (κ1) is 12.7. The van der Waals surface area contributed by atoms with Gasteiger partial charge >= 0.3 is 5.97 Å². The normalized spacial score (nSPS) is 18.9. The quantitative estimate of drug-likeness (QED) is 0.874. The van der Waals surface area contributed by atoms with E-state index in [0.29, 0.717) is 11.4 Å². The molecule has 0 bridgehead atoms. The Morgan fingerprint density at radius 2 is 2.17 bits per heavy atom. The number of rotatable bonds is 3. The minimum absolute atomic E-state index is 0.0160. The Hall–Kier alpha value is -1.76. The first-order valence-corrected chi connectivity index (χ1v) is 7.18. The van der Waals surface area contributed by atoms with Crippen LogP contribution >= 0.6 is 0 Å². The fraction of sp³-hybridized carbons (Fsp3) is 0.364. The Morgan fingerprint density at radius 3 is 2.78 bits per heavy atom. The van der Waals surface area contributed by atoms with Gasteiger partial charge in [-0.05, 0) is 12.1 Å². The summed E-state index contributed by atoms with van der Waals surface area (Å²) < 4.78 is 30.1. The summed E-state index contributed by atoms with van der Waals surface area (Å²) in [7, 11) is -3.45. The molecule has 0 saturated heterocycles. The predicted octanol–water partition coefficient (Wildman–Crippen LogP) is 0.688. The third-order valence-corrected chi connectivity index (χ3v) is 3.75. The number of aliphatic carboxylic acids is 1. The summed E-state index contributed by atoms with van der Waals surface area (Å²) >= 11 is 0. The highest BCUT2D eigenvalue weighted by Gasteiger charge is 2.31. The van der Waals surface area contributed by atoms with Crippen molar-refractivity contribution in [2.45, 2.75) is 12.5 Å². The number of hydrogen-bond donors (Lipinski definition) is 1. The molecule has 1 N–H and O–H groups in total. The number of hydrogen-bond acceptors (Lipinski definition) is 4. The topological polar surface area (TPSA) is 83.9 Å². The van der Waals surface area contributed by atoms with Crippen LogP contribution in [0.1, 0.15) is 6.42 Å². The van der Waals surface area contributed by atoms with Crippen LogP contribution < -0.4 is 9.04 Å². The number of para-hydroxylation sites is 2. The lowest BCUT2D eigenvalue weighted by atomic mass is 10.2. The third kappa shape index (κ3) is 2.56. The number of carboxylic acids is 1. The van der Waals surface area contributed by atoms with E-state index in [4.69, 9.17) is 9.84 Å². The van der Waals surface area contributed by atoms with Gasteiger partial charge in [-0.3, -0.25) is 9.10 Å². The summed E-state index contributed by atoms with van der Waals surface area (Å²) in [6.07, 6.45) is 0.180. The Balaban J connectivity index is 2.38. The lowest BCUT2D eigenvalue weighted by Crippen LogP contribution is -2.43. The van der Waals surface area contributed by atoms with Gasteiger partial charge in [-0.1, -0.05) is 12.1 Å². The molecule has 1 heterocycles. The van der Waals surface area contributed by atoms with Crippen LogP contribution in [0.15, 0.2) is 24.3 Å². The highest BCUT2D eigenvalue weighted by atomic mass is 32.2. The standard InChI is InChI=1S/C11H13NO5S/c1-18(15,16)12-7-8(6-11(13)14)17-10-5-3-2-4-9(10)12/h2-5,8H,6-7H2,1H3,(H,13,14). The van der Waals surface area contributed by atoms with E-state index in [0.717, 1.165) is 6.26 Å². The van der Waals surface area contributed by atoms with Crippen LogP contribution in [-0.4, -0.2) is 38.4 Å². The molecule has 1 aromatic rings. The predicted molar refractivity (Wildman–Crippen MR) is 65.3 cm³/mol. The summed E-state index contributed by atoms with van der Waals surface area (Å²) in [4.78, 5) is 10.7. The van der Waals surface area contributed by atoms with Crippen molar-refractivity contribution in [3.8, 4) is 5.75 Å². The molecule has 1 aromatic carbocycles. The molecule has 0 amide bonds. The van der Waals surface area contributed by atoms with Crippen molar-refractivity contribution in [2.75, 3.05) is 17.1 Å². The third-order valence-electron chi connectivity index (χ3n) is 2.60.